The van der Waals surface area contributed by atoms with Gasteiger partial charge in [-0.25, -0.2) is 0 Å². The Balaban J connectivity index is 4.07. The van der Waals surface area contributed by atoms with Crippen molar-refractivity contribution in [2.45, 2.75) is 33.1 Å². The normalized spacial score (nSPS) is 12.4. The van der Waals surface area contributed by atoms with E-state index in [9.17, 15) is 0 Å². The van der Waals surface area contributed by atoms with Crippen LogP contribution in [0.5, 0.6) is 0 Å². The second kappa shape index (κ2) is 8.13. The molecule has 14 heavy (non-hydrogen) atoms. The molecule has 0 fully saturated rings. The van der Waals surface area contributed by atoms with Gasteiger partial charge in [-0.15, -0.1) is 23.2 Å². The van der Waals surface area contributed by atoms with E-state index < -0.39 is 0 Å². The van der Waals surface area contributed by atoms with Crippen LogP contribution in [0.3, 0.4) is 0 Å². The summed E-state index contributed by atoms with van der Waals surface area (Å²) in [5.41, 5.74) is 0.174. The molecule has 0 saturated heterocycles. The zero-order valence-corrected chi connectivity index (χ0v) is 11.8. The average molecular weight is 257 g/mol. The Hall–Kier alpha value is 0.930. The Morgan fingerprint density at radius 3 is 2.14 bits per heavy atom. The van der Waals surface area contributed by atoms with Crippen molar-refractivity contribution in [3.05, 3.63) is 0 Å². The monoisotopic (exact) mass is 256 g/mol. The molecule has 0 amide bonds. The third-order valence-electron chi connectivity index (χ3n) is 2.46. The molecule has 0 unspecified atom stereocenters. The lowest BCUT2D eigenvalue weighted by molar-refractivity contribution is 0.274. The van der Waals surface area contributed by atoms with E-state index in [1.807, 2.05) is 11.8 Å². The number of rotatable bonds is 8. The van der Waals surface area contributed by atoms with Crippen molar-refractivity contribution in [3.63, 3.8) is 0 Å². The van der Waals surface area contributed by atoms with E-state index >= 15 is 0 Å². The number of alkyl halides is 2. The van der Waals surface area contributed by atoms with Gasteiger partial charge >= 0.3 is 0 Å². The van der Waals surface area contributed by atoms with Crippen molar-refractivity contribution in [1.29, 1.82) is 0 Å². The van der Waals surface area contributed by atoms with Gasteiger partial charge in [-0.2, -0.15) is 11.8 Å². The first-order chi connectivity index (χ1) is 6.60. The zero-order chi connectivity index (χ0) is 11.0. The Morgan fingerprint density at radius 1 is 1.21 bits per heavy atom. The van der Waals surface area contributed by atoms with Crippen molar-refractivity contribution in [2.24, 2.45) is 11.3 Å². The fourth-order valence-corrected chi connectivity index (χ4v) is 3.04. The molecule has 0 spiro atoms. The van der Waals surface area contributed by atoms with E-state index in [1.54, 1.807) is 0 Å². The third-order valence-corrected chi connectivity index (χ3v) is 4.29. The second-order valence-corrected chi connectivity index (χ2v) is 5.98. The summed E-state index contributed by atoms with van der Waals surface area (Å²) in [7, 11) is 0. The SMILES string of the molecule is CSCCCC(CCl)(CCl)CC(C)C. The van der Waals surface area contributed by atoms with Gasteiger partial charge in [0, 0.05) is 11.8 Å². The van der Waals surface area contributed by atoms with Crippen LogP contribution in [0, 0.1) is 11.3 Å². The molecule has 0 rings (SSSR count). The van der Waals surface area contributed by atoms with Gasteiger partial charge in [-0.1, -0.05) is 13.8 Å². The maximum atomic E-state index is 6.06. The molecule has 0 atom stereocenters. The minimum atomic E-state index is 0.174. The predicted molar refractivity (Wildman–Crippen MR) is 70.9 cm³/mol. The molecule has 0 bridgehead atoms. The molecule has 0 aromatic carbocycles. The van der Waals surface area contributed by atoms with E-state index in [0.29, 0.717) is 17.7 Å². The van der Waals surface area contributed by atoms with Crippen molar-refractivity contribution in [3.8, 4) is 0 Å². The van der Waals surface area contributed by atoms with Crippen molar-refractivity contribution >= 4 is 35.0 Å². The van der Waals surface area contributed by atoms with Crippen LogP contribution in [0.1, 0.15) is 33.1 Å². The molecule has 0 aliphatic rings. The second-order valence-electron chi connectivity index (χ2n) is 4.46. The number of hydrogen-bond donors (Lipinski definition) is 0. The number of hydrogen-bond acceptors (Lipinski definition) is 1. The summed E-state index contributed by atoms with van der Waals surface area (Å²) >= 11 is 14.0. The molecule has 0 saturated carbocycles. The molecule has 3 heteroatoms. The van der Waals surface area contributed by atoms with Crippen LogP contribution < -0.4 is 0 Å². The van der Waals surface area contributed by atoms with Crippen LogP contribution in [-0.4, -0.2) is 23.8 Å². The lowest BCUT2D eigenvalue weighted by Gasteiger charge is -2.31. The number of thioether (sulfide) groups is 1. The highest BCUT2D eigenvalue weighted by molar-refractivity contribution is 7.98. The lowest BCUT2D eigenvalue weighted by Crippen LogP contribution is -2.27. The Kier molecular flexibility index (Phi) is 8.66. The first-order valence-corrected chi connectivity index (χ1v) is 7.67. The van der Waals surface area contributed by atoms with Crippen LogP contribution in [0.2, 0.25) is 0 Å². The van der Waals surface area contributed by atoms with Gasteiger partial charge in [0.15, 0.2) is 0 Å². The van der Waals surface area contributed by atoms with E-state index in [0.717, 1.165) is 6.42 Å². The summed E-state index contributed by atoms with van der Waals surface area (Å²) in [5.74, 6) is 3.29. The van der Waals surface area contributed by atoms with Crippen LogP contribution in [-0.2, 0) is 0 Å². The molecular weight excluding hydrogens is 235 g/mol. The molecule has 0 aliphatic heterocycles. The van der Waals surface area contributed by atoms with Gasteiger partial charge in [-0.3, -0.25) is 0 Å². The Bertz CT molecular complexity index is 133. The molecule has 0 aromatic heterocycles. The predicted octanol–water partition coefficient (Wildman–Crippen LogP) is 4.64. The first kappa shape index (κ1) is 14.9. The van der Waals surface area contributed by atoms with Gasteiger partial charge < -0.3 is 0 Å². The fraction of sp³-hybridized carbons (Fsp3) is 1.00. The van der Waals surface area contributed by atoms with E-state index in [1.165, 1.54) is 18.6 Å². The van der Waals surface area contributed by atoms with Crippen LogP contribution in [0.25, 0.3) is 0 Å². The van der Waals surface area contributed by atoms with Crippen LogP contribution >= 0.6 is 35.0 Å². The third kappa shape index (κ3) is 5.72. The van der Waals surface area contributed by atoms with Gasteiger partial charge in [0.05, 0.1) is 0 Å². The largest absolute Gasteiger partial charge is 0.165 e. The lowest BCUT2D eigenvalue weighted by atomic mass is 9.80. The molecule has 0 aliphatic carbocycles. The minimum Gasteiger partial charge on any atom is -0.165 e. The Morgan fingerprint density at radius 2 is 1.79 bits per heavy atom. The highest BCUT2D eigenvalue weighted by Gasteiger charge is 2.28. The van der Waals surface area contributed by atoms with Gasteiger partial charge in [0.2, 0.25) is 0 Å². The van der Waals surface area contributed by atoms with Crippen LogP contribution in [0.15, 0.2) is 0 Å². The molecule has 0 radical (unpaired) electrons. The summed E-state index contributed by atoms with van der Waals surface area (Å²) < 4.78 is 0. The molecular formula is C11H22Cl2S. The maximum Gasteiger partial charge on any atom is 0.0291 e. The quantitative estimate of drug-likeness (QED) is 0.451. The van der Waals surface area contributed by atoms with Crippen molar-refractivity contribution in [1.82, 2.24) is 0 Å². The van der Waals surface area contributed by atoms with E-state index in [-0.39, 0.29) is 5.41 Å². The first-order valence-electron chi connectivity index (χ1n) is 5.21. The van der Waals surface area contributed by atoms with Gasteiger partial charge in [0.25, 0.3) is 0 Å². The molecule has 0 aromatic rings. The summed E-state index contributed by atoms with van der Waals surface area (Å²) in [6.07, 6.45) is 5.69. The van der Waals surface area contributed by atoms with E-state index in [2.05, 4.69) is 20.1 Å². The van der Waals surface area contributed by atoms with Crippen LogP contribution in [0.4, 0.5) is 0 Å². The standard InChI is InChI=1S/C11H22Cl2S/c1-10(2)7-11(8-12,9-13)5-4-6-14-3/h10H,4-9H2,1-3H3. The number of halogens is 2. The van der Waals surface area contributed by atoms with E-state index in [4.69, 9.17) is 23.2 Å². The molecule has 0 nitrogen and oxygen atoms in total. The van der Waals surface area contributed by atoms with Crippen molar-refractivity contribution in [2.75, 3.05) is 23.8 Å². The average Bonchev–Trinajstić information content (AvgIpc) is 2.16. The molecule has 0 heterocycles. The maximum absolute atomic E-state index is 6.06. The Labute approximate surface area is 103 Å². The smallest absolute Gasteiger partial charge is 0.0291 e. The highest BCUT2D eigenvalue weighted by Crippen LogP contribution is 2.34. The minimum absolute atomic E-state index is 0.174. The topological polar surface area (TPSA) is 0 Å². The summed E-state index contributed by atoms with van der Waals surface area (Å²) in [5, 5.41) is 0. The molecule has 0 N–H and O–H groups in total. The summed E-state index contributed by atoms with van der Waals surface area (Å²) in [6, 6.07) is 0. The summed E-state index contributed by atoms with van der Waals surface area (Å²) in [4.78, 5) is 0. The van der Waals surface area contributed by atoms with Gasteiger partial charge in [0.1, 0.15) is 0 Å². The fourth-order valence-electron chi connectivity index (χ4n) is 1.84. The van der Waals surface area contributed by atoms with Crippen molar-refractivity contribution < 1.29 is 0 Å². The highest BCUT2D eigenvalue weighted by atomic mass is 35.5. The zero-order valence-electron chi connectivity index (χ0n) is 9.48. The molecule has 86 valence electrons. The van der Waals surface area contributed by atoms with Gasteiger partial charge in [-0.05, 0) is 42.6 Å². The summed E-state index contributed by atoms with van der Waals surface area (Å²) in [6.45, 7) is 4.48.